The van der Waals surface area contributed by atoms with Crippen molar-refractivity contribution in [3.05, 3.63) is 30.3 Å². The van der Waals surface area contributed by atoms with Crippen molar-refractivity contribution >= 4 is 23.5 Å². The van der Waals surface area contributed by atoms with Gasteiger partial charge in [-0.25, -0.2) is 0 Å². The Morgan fingerprint density at radius 2 is 1.71 bits per heavy atom. The number of benzene rings is 1. The highest BCUT2D eigenvalue weighted by Crippen LogP contribution is 2.10. The lowest BCUT2D eigenvalue weighted by Crippen LogP contribution is -2.46. The van der Waals surface area contributed by atoms with Crippen LogP contribution in [0, 0.1) is 0 Å². The standard InChI is InChI=1S/C13H17N3O5/c17-11(6-7-14-8-12(18)19)15-16(9-13(20)21)10-4-2-1-3-5-10/h1-5,14H,6-9H2,(H,15,17)(H,18,19)(H,20,21). The van der Waals surface area contributed by atoms with E-state index in [9.17, 15) is 14.4 Å². The number of nitrogens with one attached hydrogen (secondary N) is 2. The fraction of sp³-hybridized carbons (Fsp3) is 0.308. The van der Waals surface area contributed by atoms with Gasteiger partial charge in [-0.2, -0.15) is 0 Å². The van der Waals surface area contributed by atoms with E-state index in [1.807, 2.05) is 0 Å². The SMILES string of the molecule is O=C(O)CNCCC(=O)NN(CC(=O)O)c1ccccc1. The van der Waals surface area contributed by atoms with Crippen molar-refractivity contribution in [3.8, 4) is 0 Å². The Balaban J connectivity index is 2.51. The lowest BCUT2D eigenvalue weighted by Gasteiger charge is -2.23. The number of carbonyl (C=O) groups is 3. The monoisotopic (exact) mass is 295 g/mol. The summed E-state index contributed by atoms with van der Waals surface area (Å²) >= 11 is 0. The molecule has 0 fully saturated rings. The summed E-state index contributed by atoms with van der Waals surface area (Å²) in [5.74, 6) is -2.49. The van der Waals surface area contributed by atoms with Crippen LogP contribution in [0.4, 0.5) is 5.69 Å². The summed E-state index contributed by atoms with van der Waals surface area (Å²) < 4.78 is 0. The van der Waals surface area contributed by atoms with Crippen LogP contribution in [-0.2, 0) is 14.4 Å². The third-order valence-electron chi connectivity index (χ3n) is 2.43. The van der Waals surface area contributed by atoms with E-state index >= 15 is 0 Å². The molecule has 8 nitrogen and oxygen atoms in total. The lowest BCUT2D eigenvalue weighted by molar-refractivity contribution is -0.137. The number of amides is 1. The number of para-hydroxylation sites is 1. The lowest BCUT2D eigenvalue weighted by atomic mass is 10.3. The summed E-state index contributed by atoms with van der Waals surface area (Å²) in [7, 11) is 0. The summed E-state index contributed by atoms with van der Waals surface area (Å²) in [5, 5.41) is 21.1. The van der Waals surface area contributed by atoms with Gasteiger partial charge >= 0.3 is 11.9 Å². The molecule has 4 N–H and O–H groups in total. The van der Waals surface area contributed by atoms with E-state index in [-0.39, 0.29) is 26.1 Å². The van der Waals surface area contributed by atoms with Crippen LogP contribution in [-0.4, -0.2) is 47.7 Å². The zero-order chi connectivity index (χ0) is 15.7. The Kier molecular flexibility index (Phi) is 6.69. The number of hydrazine groups is 1. The second kappa shape index (κ2) is 8.54. The summed E-state index contributed by atoms with van der Waals surface area (Å²) in [6.45, 7) is -0.420. The van der Waals surface area contributed by atoms with Gasteiger partial charge in [-0.15, -0.1) is 0 Å². The van der Waals surface area contributed by atoms with Gasteiger partial charge in [-0.05, 0) is 12.1 Å². The second-order valence-corrected chi connectivity index (χ2v) is 4.17. The molecule has 0 unspecified atom stereocenters. The molecule has 1 aromatic rings. The molecule has 0 saturated heterocycles. The fourth-order valence-electron chi connectivity index (χ4n) is 1.54. The van der Waals surface area contributed by atoms with Gasteiger partial charge < -0.3 is 15.5 Å². The van der Waals surface area contributed by atoms with Crippen LogP contribution in [0.15, 0.2) is 30.3 Å². The van der Waals surface area contributed by atoms with Crippen molar-refractivity contribution in [2.24, 2.45) is 0 Å². The molecule has 0 aliphatic rings. The van der Waals surface area contributed by atoms with E-state index < -0.39 is 17.8 Å². The Hall–Kier alpha value is -2.61. The van der Waals surface area contributed by atoms with E-state index in [1.165, 1.54) is 5.01 Å². The number of carboxylic acids is 2. The molecule has 0 radical (unpaired) electrons. The molecule has 0 bridgehead atoms. The maximum Gasteiger partial charge on any atom is 0.325 e. The minimum absolute atomic E-state index is 0.0379. The minimum Gasteiger partial charge on any atom is -0.480 e. The van der Waals surface area contributed by atoms with Crippen molar-refractivity contribution in [2.75, 3.05) is 24.6 Å². The van der Waals surface area contributed by atoms with Gasteiger partial charge in [0.25, 0.3) is 0 Å². The van der Waals surface area contributed by atoms with Crippen LogP contribution >= 0.6 is 0 Å². The topological polar surface area (TPSA) is 119 Å². The van der Waals surface area contributed by atoms with Crippen molar-refractivity contribution in [2.45, 2.75) is 6.42 Å². The average Bonchev–Trinajstić information content (AvgIpc) is 2.43. The van der Waals surface area contributed by atoms with Crippen molar-refractivity contribution in [1.82, 2.24) is 10.7 Å². The second-order valence-electron chi connectivity index (χ2n) is 4.17. The molecule has 114 valence electrons. The number of aliphatic carboxylic acids is 2. The largest absolute Gasteiger partial charge is 0.480 e. The highest BCUT2D eigenvalue weighted by Gasteiger charge is 2.13. The van der Waals surface area contributed by atoms with Crippen LogP contribution < -0.4 is 15.8 Å². The molecule has 1 amide bonds. The zero-order valence-corrected chi connectivity index (χ0v) is 11.3. The molecule has 0 heterocycles. The van der Waals surface area contributed by atoms with Gasteiger partial charge in [0.05, 0.1) is 12.2 Å². The maximum absolute atomic E-state index is 11.7. The summed E-state index contributed by atoms with van der Waals surface area (Å²) in [6, 6.07) is 8.58. The first-order valence-corrected chi connectivity index (χ1v) is 6.25. The number of anilines is 1. The Labute approximate surface area is 121 Å². The van der Waals surface area contributed by atoms with Crippen LogP contribution in [0.2, 0.25) is 0 Å². The molecule has 0 aromatic heterocycles. The highest BCUT2D eigenvalue weighted by molar-refractivity contribution is 5.81. The molecule has 1 aromatic carbocycles. The fourth-order valence-corrected chi connectivity index (χ4v) is 1.54. The van der Waals surface area contributed by atoms with Crippen LogP contribution in [0.25, 0.3) is 0 Å². The van der Waals surface area contributed by atoms with Gasteiger partial charge in [-0.3, -0.25) is 24.8 Å². The van der Waals surface area contributed by atoms with E-state index in [0.29, 0.717) is 5.69 Å². The van der Waals surface area contributed by atoms with Crippen LogP contribution in [0.5, 0.6) is 0 Å². The number of hydrogen-bond donors (Lipinski definition) is 4. The van der Waals surface area contributed by atoms with Crippen molar-refractivity contribution in [3.63, 3.8) is 0 Å². The van der Waals surface area contributed by atoms with Gasteiger partial charge in [0.15, 0.2) is 0 Å². The van der Waals surface area contributed by atoms with Crippen LogP contribution in [0.1, 0.15) is 6.42 Å². The molecule has 0 aliphatic carbocycles. The molecule has 1 rings (SSSR count). The number of rotatable bonds is 9. The smallest absolute Gasteiger partial charge is 0.325 e. The normalized spacial score (nSPS) is 9.90. The van der Waals surface area contributed by atoms with E-state index in [4.69, 9.17) is 10.2 Å². The minimum atomic E-state index is -1.08. The zero-order valence-electron chi connectivity index (χ0n) is 11.3. The predicted molar refractivity (Wildman–Crippen MR) is 74.7 cm³/mol. The van der Waals surface area contributed by atoms with Crippen molar-refractivity contribution in [1.29, 1.82) is 0 Å². The summed E-state index contributed by atoms with van der Waals surface area (Å²) in [4.78, 5) is 32.8. The Morgan fingerprint density at radius 1 is 1.05 bits per heavy atom. The molecule has 0 aliphatic heterocycles. The third kappa shape index (κ3) is 6.92. The maximum atomic E-state index is 11.7. The molecule has 8 heteroatoms. The molecule has 0 atom stereocenters. The number of hydrogen-bond acceptors (Lipinski definition) is 5. The molecule has 0 spiro atoms. The molecular weight excluding hydrogens is 278 g/mol. The van der Waals surface area contributed by atoms with Crippen LogP contribution in [0.3, 0.4) is 0 Å². The first-order chi connectivity index (χ1) is 9.99. The van der Waals surface area contributed by atoms with Gasteiger partial charge in [0.2, 0.25) is 5.91 Å². The van der Waals surface area contributed by atoms with E-state index in [1.54, 1.807) is 30.3 Å². The van der Waals surface area contributed by atoms with Gasteiger partial charge in [0.1, 0.15) is 6.54 Å². The quantitative estimate of drug-likeness (QED) is 0.364. The van der Waals surface area contributed by atoms with Gasteiger partial charge in [-0.1, -0.05) is 18.2 Å². The van der Waals surface area contributed by atoms with Crippen molar-refractivity contribution < 1.29 is 24.6 Å². The average molecular weight is 295 g/mol. The molecule has 21 heavy (non-hydrogen) atoms. The van der Waals surface area contributed by atoms with E-state index in [2.05, 4.69) is 10.7 Å². The summed E-state index contributed by atoms with van der Waals surface area (Å²) in [6.07, 6.45) is 0.0379. The summed E-state index contributed by atoms with van der Waals surface area (Å²) in [5.41, 5.74) is 3.03. The molecule has 0 saturated carbocycles. The highest BCUT2D eigenvalue weighted by atomic mass is 16.4. The number of carboxylic acid groups (broad SMARTS) is 2. The number of carbonyl (C=O) groups excluding carboxylic acids is 1. The van der Waals surface area contributed by atoms with Gasteiger partial charge in [0, 0.05) is 13.0 Å². The first-order valence-electron chi connectivity index (χ1n) is 6.25. The molecular formula is C13H17N3O5. The Bertz CT molecular complexity index is 492. The predicted octanol–water partition coefficient (Wildman–Crippen LogP) is -0.327. The third-order valence-corrected chi connectivity index (χ3v) is 2.43. The Morgan fingerprint density at radius 3 is 2.29 bits per heavy atom. The van der Waals surface area contributed by atoms with E-state index in [0.717, 1.165) is 0 Å². The first kappa shape index (κ1) is 16.4. The number of nitrogens with zero attached hydrogens (tertiary/aromatic N) is 1.